The van der Waals surface area contributed by atoms with Crippen LogP contribution >= 0.6 is 0 Å². The van der Waals surface area contributed by atoms with Gasteiger partial charge >= 0.3 is 0 Å². The average Bonchev–Trinajstić information content (AvgIpc) is 3.25. The fraction of sp³-hybridized carbons (Fsp3) is 0.417. The lowest BCUT2D eigenvalue weighted by Gasteiger charge is -2.34. The van der Waals surface area contributed by atoms with Gasteiger partial charge in [0.2, 0.25) is 21.8 Å². The second-order valence-corrected chi connectivity index (χ2v) is 10.5. The maximum Gasteiger partial charge on any atom is 0.247 e. The smallest absolute Gasteiger partial charge is 0.247 e. The van der Waals surface area contributed by atoms with Crippen LogP contribution in [0.15, 0.2) is 33.6 Å². The minimum atomic E-state index is -3.59. The molecule has 0 amide bonds. The highest BCUT2D eigenvalue weighted by atomic mass is 32.2. The third-order valence-electron chi connectivity index (χ3n) is 6.78. The Morgan fingerprint density at radius 1 is 0.848 bits per heavy atom. The number of piperazine rings is 1. The van der Waals surface area contributed by atoms with E-state index < -0.39 is 10.0 Å². The molecule has 9 heteroatoms. The molecule has 0 unspecified atom stereocenters. The van der Waals surface area contributed by atoms with E-state index in [1.54, 1.807) is 16.4 Å². The van der Waals surface area contributed by atoms with Crippen LogP contribution in [0, 0.1) is 40.4 Å². The van der Waals surface area contributed by atoms with Gasteiger partial charge in [-0.05, 0) is 86.7 Å². The molecule has 1 fully saturated rings. The Morgan fingerprint density at radius 3 is 1.97 bits per heavy atom. The molecule has 1 aliphatic heterocycles. The molecule has 3 aromatic rings. The first-order chi connectivity index (χ1) is 15.6. The van der Waals surface area contributed by atoms with Gasteiger partial charge in [-0.3, -0.25) is 4.90 Å². The molecule has 33 heavy (non-hydrogen) atoms. The van der Waals surface area contributed by atoms with Crippen LogP contribution in [-0.2, 0) is 16.6 Å². The highest BCUT2D eigenvalue weighted by Gasteiger charge is 2.32. The molecule has 2 aromatic carbocycles. The van der Waals surface area contributed by atoms with E-state index in [1.807, 2.05) is 34.6 Å². The van der Waals surface area contributed by atoms with E-state index in [9.17, 15) is 12.8 Å². The van der Waals surface area contributed by atoms with Gasteiger partial charge in [-0.2, -0.15) is 4.31 Å². The van der Waals surface area contributed by atoms with E-state index in [2.05, 4.69) is 15.1 Å². The Balaban J connectivity index is 1.45. The second kappa shape index (κ2) is 8.96. The number of nitrogens with zero attached hydrogens (tertiary/aromatic N) is 4. The van der Waals surface area contributed by atoms with Crippen LogP contribution < -0.4 is 0 Å². The molecule has 1 aliphatic rings. The molecule has 4 rings (SSSR count). The van der Waals surface area contributed by atoms with Crippen molar-refractivity contribution in [2.75, 3.05) is 26.2 Å². The molecule has 7 nitrogen and oxygen atoms in total. The second-order valence-electron chi connectivity index (χ2n) is 8.64. The van der Waals surface area contributed by atoms with Crippen molar-refractivity contribution in [2.45, 2.75) is 46.1 Å². The van der Waals surface area contributed by atoms with Crippen LogP contribution in [0.2, 0.25) is 0 Å². The van der Waals surface area contributed by atoms with Crippen molar-refractivity contribution in [3.8, 4) is 11.5 Å². The summed E-state index contributed by atoms with van der Waals surface area (Å²) >= 11 is 0. The number of halogens is 1. The molecule has 0 bridgehead atoms. The van der Waals surface area contributed by atoms with Crippen LogP contribution in [0.25, 0.3) is 11.5 Å². The van der Waals surface area contributed by atoms with Crippen molar-refractivity contribution >= 4 is 10.0 Å². The normalized spacial score (nSPS) is 15.8. The average molecular weight is 473 g/mol. The molecule has 1 saturated heterocycles. The predicted octanol–water partition coefficient (Wildman–Crippen LogP) is 3.92. The Bertz CT molecular complexity index is 1250. The van der Waals surface area contributed by atoms with Crippen molar-refractivity contribution in [3.63, 3.8) is 0 Å². The van der Waals surface area contributed by atoms with Crippen LogP contribution in [0.3, 0.4) is 0 Å². The Labute approximate surface area is 194 Å². The quantitative estimate of drug-likeness (QED) is 0.560. The van der Waals surface area contributed by atoms with Crippen LogP contribution in [0.1, 0.15) is 33.7 Å². The molecule has 0 spiro atoms. The minimum Gasteiger partial charge on any atom is -0.419 e. The third kappa shape index (κ3) is 4.45. The molecular weight excluding hydrogens is 443 g/mol. The summed E-state index contributed by atoms with van der Waals surface area (Å²) < 4.78 is 47.5. The fourth-order valence-electron chi connectivity index (χ4n) is 4.33. The fourth-order valence-corrected chi connectivity index (χ4v) is 6.31. The summed E-state index contributed by atoms with van der Waals surface area (Å²) in [5, 5.41) is 8.14. The van der Waals surface area contributed by atoms with Crippen LogP contribution in [0.5, 0.6) is 0 Å². The zero-order chi connectivity index (χ0) is 23.9. The van der Waals surface area contributed by atoms with E-state index in [-0.39, 0.29) is 5.82 Å². The molecule has 0 N–H and O–H groups in total. The number of sulfonamides is 1. The van der Waals surface area contributed by atoms with Gasteiger partial charge in [0.05, 0.1) is 11.4 Å². The molecule has 0 aliphatic carbocycles. The third-order valence-corrected chi connectivity index (χ3v) is 8.95. The lowest BCUT2D eigenvalue weighted by molar-refractivity contribution is 0.168. The number of hydrogen-bond acceptors (Lipinski definition) is 6. The largest absolute Gasteiger partial charge is 0.419 e. The molecule has 2 heterocycles. The Morgan fingerprint density at radius 2 is 1.39 bits per heavy atom. The molecule has 176 valence electrons. The summed E-state index contributed by atoms with van der Waals surface area (Å²) in [7, 11) is -3.59. The van der Waals surface area contributed by atoms with Gasteiger partial charge in [0, 0.05) is 31.7 Å². The molecule has 0 radical (unpaired) electrons. The number of aromatic nitrogens is 2. The van der Waals surface area contributed by atoms with Gasteiger partial charge in [-0.1, -0.05) is 0 Å². The topological polar surface area (TPSA) is 79.5 Å². The zero-order valence-electron chi connectivity index (χ0n) is 19.6. The van der Waals surface area contributed by atoms with E-state index in [0.717, 1.165) is 27.8 Å². The van der Waals surface area contributed by atoms with Gasteiger partial charge < -0.3 is 4.42 Å². The zero-order valence-corrected chi connectivity index (χ0v) is 20.5. The van der Waals surface area contributed by atoms with Crippen molar-refractivity contribution in [3.05, 3.63) is 63.8 Å². The highest BCUT2D eigenvalue weighted by molar-refractivity contribution is 7.89. The van der Waals surface area contributed by atoms with Crippen molar-refractivity contribution in [1.29, 1.82) is 0 Å². The van der Waals surface area contributed by atoms with Gasteiger partial charge in [-0.25, -0.2) is 12.8 Å². The maximum atomic E-state index is 13.5. The van der Waals surface area contributed by atoms with Gasteiger partial charge in [-0.15, -0.1) is 10.2 Å². The van der Waals surface area contributed by atoms with Crippen molar-refractivity contribution < 1.29 is 17.2 Å². The standard InChI is InChI=1S/C24H29FN4O3S/c1-15-16(2)18(4)23(19(5)17(15)3)33(30,31)29-12-10-28(11-13-29)14-22-26-27-24(32-22)20-6-8-21(25)9-7-20/h6-9H,10-14H2,1-5H3. The van der Waals surface area contributed by atoms with Gasteiger partial charge in [0.1, 0.15) is 5.82 Å². The molecule has 0 atom stereocenters. The molecular formula is C24H29FN4O3S. The van der Waals surface area contributed by atoms with Crippen LogP contribution in [0.4, 0.5) is 4.39 Å². The number of hydrogen-bond donors (Lipinski definition) is 0. The van der Waals surface area contributed by atoms with E-state index >= 15 is 0 Å². The van der Waals surface area contributed by atoms with Crippen molar-refractivity contribution in [2.24, 2.45) is 0 Å². The first-order valence-corrected chi connectivity index (χ1v) is 12.4. The first kappa shape index (κ1) is 23.5. The van der Waals surface area contributed by atoms with Gasteiger partial charge in [0.25, 0.3) is 0 Å². The molecule has 0 saturated carbocycles. The van der Waals surface area contributed by atoms with E-state index in [0.29, 0.717) is 55.0 Å². The summed E-state index contributed by atoms with van der Waals surface area (Å²) in [5.41, 5.74) is 5.52. The summed E-state index contributed by atoms with van der Waals surface area (Å²) in [6, 6.07) is 5.88. The maximum absolute atomic E-state index is 13.5. The monoisotopic (exact) mass is 472 g/mol. The first-order valence-electron chi connectivity index (χ1n) is 11.0. The lowest BCUT2D eigenvalue weighted by Crippen LogP contribution is -2.48. The highest BCUT2D eigenvalue weighted by Crippen LogP contribution is 2.32. The summed E-state index contributed by atoms with van der Waals surface area (Å²) in [6.07, 6.45) is 0. The number of benzene rings is 2. The Kier molecular flexibility index (Phi) is 6.39. The van der Waals surface area contributed by atoms with E-state index in [1.165, 1.54) is 12.1 Å². The Hall–Kier alpha value is -2.62. The summed E-state index contributed by atoms with van der Waals surface area (Å²) in [6.45, 7) is 12.2. The minimum absolute atomic E-state index is 0.326. The number of rotatable bonds is 5. The SMILES string of the molecule is Cc1c(C)c(C)c(S(=O)(=O)N2CCN(Cc3nnc(-c4ccc(F)cc4)o3)CC2)c(C)c1C. The lowest BCUT2D eigenvalue weighted by atomic mass is 9.95. The van der Waals surface area contributed by atoms with Crippen LogP contribution in [-0.4, -0.2) is 54.0 Å². The van der Waals surface area contributed by atoms with E-state index in [4.69, 9.17) is 4.42 Å². The van der Waals surface area contributed by atoms with Gasteiger partial charge in [0.15, 0.2) is 0 Å². The van der Waals surface area contributed by atoms with Crippen molar-refractivity contribution in [1.82, 2.24) is 19.4 Å². The summed E-state index contributed by atoms with van der Waals surface area (Å²) in [5.74, 6) is 0.456. The molecule has 1 aromatic heterocycles. The summed E-state index contributed by atoms with van der Waals surface area (Å²) in [4.78, 5) is 2.54. The predicted molar refractivity (Wildman–Crippen MR) is 124 cm³/mol.